The van der Waals surface area contributed by atoms with E-state index >= 15 is 0 Å². The Bertz CT molecular complexity index is 737. The number of benzene rings is 1. The standard InChI is InChI=1S/C16H18ClN3O3S2/c17-12-4-10-7-21-9-23-14(10)11(5-12)8-24-16-20-19-15(25-16)18-6-13-2-1-3-22-13/h4-5,13H,1-3,6-9H2,(H,18,19)/t13-/m1/s1. The fourth-order valence-electron chi connectivity index (χ4n) is 2.85. The minimum absolute atomic E-state index is 0.280. The lowest BCUT2D eigenvalue weighted by Gasteiger charge is -2.20. The first-order chi connectivity index (χ1) is 12.3. The van der Waals surface area contributed by atoms with Crippen LogP contribution in [0.3, 0.4) is 0 Å². The van der Waals surface area contributed by atoms with Gasteiger partial charge in [0.15, 0.2) is 11.1 Å². The predicted molar refractivity (Wildman–Crippen MR) is 98.7 cm³/mol. The second kappa shape index (κ2) is 8.09. The first-order valence-corrected chi connectivity index (χ1v) is 10.3. The molecule has 0 bridgehead atoms. The second-order valence-corrected chi connectivity index (χ2v) is 8.48. The molecule has 1 atom stereocenters. The summed E-state index contributed by atoms with van der Waals surface area (Å²) < 4.78 is 17.5. The maximum atomic E-state index is 6.20. The van der Waals surface area contributed by atoms with Gasteiger partial charge in [-0.15, -0.1) is 10.2 Å². The number of nitrogens with one attached hydrogen (secondary N) is 1. The van der Waals surface area contributed by atoms with Crippen LogP contribution in [0.2, 0.25) is 5.02 Å². The van der Waals surface area contributed by atoms with Crippen LogP contribution in [0.5, 0.6) is 5.75 Å². The summed E-state index contributed by atoms with van der Waals surface area (Å²) in [5.41, 5.74) is 2.05. The van der Waals surface area contributed by atoms with E-state index in [4.69, 9.17) is 25.8 Å². The summed E-state index contributed by atoms with van der Waals surface area (Å²) in [6.45, 7) is 2.46. The molecule has 0 unspecified atom stereocenters. The maximum absolute atomic E-state index is 6.20. The fourth-order valence-corrected chi connectivity index (χ4v) is 4.84. The zero-order valence-corrected chi connectivity index (χ0v) is 15.9. The van der Waals surface area contributed by atoms with Crippen LogP contribution < -0.4 is 10.1 Å². The lowest BCUT2D eigenvalue weighted by Crippen LogP contribution is -2.18. The van der Waals surface area contributed by atoms with E-state index in [0.717, 1.165) is 58.1 Å². The first kappa shape index (κ1) is 17.4. The molecule has 1 aromatic carbocycles. The van der Waals surface area contributed by atoms with Gasteiger partial charge in [-0.05, 0) is 25.0 Å². The molecular weight excluding hydrogens is 382 g/mol. The Kier molecular flexibility index (Phi) is 5.62. The van der Waals surface area contributed by atoms with Crippen molar-refractivity contribution >= 4 is 39.8 Å². The van der Waals surface area contributed by atoms with Gasteiger partial charge in [0.05, 0.1) is 12.7 Å². The van der Waals surface area contributed by atoms with Gasteiger partial charge in [0.2, 0.25) is 5.13 Å². The molecular formula is C16H18ClN3O3S2. The Morgan fingerprint density at radius 3 is 3.20 bits per heavy atom. The summed E-state index contributed by atoms with van der Waals surface area (Å²) >= 11 is 9.38. The van der Waals surface area contributed by atoms with Crippen LogP contribution in [0.4, 0.5) is 5.13 Å². The molecule has 0 spiro atoms. The highest BCUT2D eigenvalue weighted by Gasteiger charge is 2.18. The van der Waals surface area contributed by atoms with E-state index in [0.29, 0.717) is 11.6 Å². The molecule has 4 rings (SSSR count). The van der Waals surface area contributed by atoms with Crippen LogP contribution in [-0.4, -0.2) is 36.2 Å². The van der Waals surface area contributed by atoms with Gasteiger partial charge in [-0.1, -0.05) is 34.7 Å². The fraction of sp³-hybridized carbons (Fsp3) is 0.500. The molecule has 1 fully saturated rings. The zero-order chi connectivity index (χ0) is 17.1. The number of anilines is 1. The molecule has 2 aliphatic rings. The second-order valence-electron chi connectivity index (χ2n) is 5.84. The Morgan fingerprint density at radius 1 is 1.36 bits per heavy atom. The smallest absolute Gasteiger partial charge is 0.206 e. The van der Waals surface area contributed by atoms with Crippen LogP contribution in [0.15, 0.2) is 16.5 Å². The summed E-state index contributed by atoms with van der Waals surface area (Å²) in [6, 6.07) is 3.83. The highest BCUT2D eigenvalue weighted by atomic mass is 35.5. The van der Waals surface area contributed by atoms with E-state index in [1.54, 1.807) is 23.1 Å². The molecule has 0 radical (unpaired) electrons. The van der Waals surface area contributed by atoms with Gasteiger partial charge < -0.3 is 19.5 Å². The van der Waals surface area contributed by atoms with Crippen molar-refractivity contribution in [3.05, 3.63) is 28.3 Å². The zero-order valence-electron chi connectivity index (χ0n) is 13.5. The number of hydrogen-bond acceptors (Lipinski definition) is 8. The van der Waals surface area contributed by atoms with E-state index in [2.05, 4.69) is 15.5 Å². The van der Waals surface area contributed by atoms with Crippen LogP contribution in [-0.2, 0) is 21.8 Å². The number of fused-ring (bicyclic) bond motifs is 1. The lowest BCUT2D eigenvalue weighted by atomic mass is 10.1. The monoisotopic (exact) mass is 399 g/mol. The summed E-state index contributed by atoms with van der Waals surface area (Å²) in [6.07, 6.45) is 2.54. The van der Waals surface area contributed by atoms with Crippen molar-refractivity contribution in [2.24, 2.45) is 0 Å². The summed E-state index contributed by atoms with van der Waals surface area (Å²) in [5, 5.41) is 13.3. The molecule has 2 aliphatic heterocycles. The number of halogens is 1. The van der Waals surface area contributed by atoms with Crippen molar-refractivity contribution in [1.82, 2.24) is 10.2 Å². The molecule has 134 valence electrons. The average Bonchev–Trinajstić information content (AvgIpc) is 3.29. The minimum Gasteiger partial charge on any atom is -0.467 e. The van der Waals surface area contributed by atoms with E-state index in [-0.39, 0.29) is 12.9 Å². The summed E-state index contributed by atoms with van der Waals surface area (Å²) in [7, 11) is 0. The van der Waals surface area contributed by atoms with E-state index in [1.165, 1.54) is 0 Å². The van der Waals surface area contributed by atoms with Crippen molar-refractivity contribution < 1.29 is 14.2 Å². The minimum atomic E-state index is 0.280. The number of rotatable bonds is 6. The molecule has 3 heterocycles. The third kappa shape index (κ3) is 4.38. The van der Waals surface area contributed by atoms with E-state index in [9.17, 15) is 0 Å². The van der Waals surface area contributed by atoms with E-state index in [1.807, 2.05) is 12.1 Å². The molecule has 2 aromatic rings. The topological polar surface area (TPSA) is 65.5 Å². The van der Waals surface area contributed by atoms with Gasteiger partial charge in [-0.2, -0.15) is 0 Å². The highest BCUT2D eigenvalue weighted by Crippen LogP contribution is 2.36. The Balaban J connectivity index is 1.36. The largest absolute Gasteiger partial charge is 0.467 e. The number of aromatic nitrogens is 2. The quantitative estimate of drug-likeness (QED) is 0.738. The van der Waals surface area contributed by atoms with Gasteiger partial charge in [0, 0.05) is 35.1 Å². The van der Waals surface area contributed by atoms with Crippen molar-refractivity contribution in [1.29, 1.82) is 0 Å². The van der Waals surface area contributed by atoms with Crippen molar-refractivity contribution in [2.45, 2.75) is 35.6 Å². The summed E-state index contributed by atoms with van der Waals surface area (Å²) in [5.74, 6) is 1.60. The molecule has 6 nitrogen and oxygen atoms in total. The molecule has 1 N–H and O–H groups in total. The SMILES string of the molecule is Clc1cc2c(c(CSc3nnc(NC[C@H]4CCCO4)s3)c1)OCOC2. The van der Waals surface area contributed by atoms with E-state index < -0.39 is 0 Å². The van der Waals surface area contributed by atoms with Gasteiger partial charge in [-0.25, -0.2) is 0 Å². The number of thioether (sulfide) groups is 1. The van der Waals surface area contributed by atoms with Crippen molar-refractivity contribution in [2.75, 3.05) is 25.3 Å². The molecule has 1 aromatic heterocycles. The maximum Gasteiger partial charge on any atom is 0.206 e. The molecule has 0 saturated carbocycles. The number of ether oxygens (including phenoxy) is 3. The van der Waals surface area contributed by atoms with Crippen LogP contribution in [0.25, 0.3) is 0 Å². The van der Waals surface area contributed by atoms with Crippen LogP contribution in [0.1, 0.15) is 24.0 Å². The molecule has 9 heteroatoms. The molecule has 1 saturated heterocycles. The Hall–Kier alpha value is -1.06. The van der Waals surface area contributed by atoms with Gasteiger partial charge in [0.25, 0.3) is 0 Å². The van der Waals surface area contributed by atoms with Crippen molar-refractivity contribution in [3.8, 4) is 5.75 Å². The Labute approximate surface area is 159 Å². The average molecular weight is 400 g/mol. The first-order valence-electron chi connectivity index (χ1n) is 8.11. The Morgan fingerprint density at radius 2 is 2.32 bits per heavy atom. The van der Waals surface area contributed by atoms with Gasteiger partial charge in [-0.3, -0.25) is 0 Å². The molecule has 0 amide bonds. The normalized spacial score (nSPS) is 19.5. The van der Waals surface area contributed by atoms with Gasteiger partial charge in [0.1, 0.15) is 5.75 Å². The van der Waals surface area contributed by atoms with Crippen molar-refractivity contribution in [3.63, 3.8) is 0 Å². The number of hydrogen-bond donors (Lipinski definition) is 1. The van der Waals surface area contributed by atoms with Crippen LogP contribution >= 0.6 is 34.7 Å². The van der Waals surface area contributed by atoms with Gasteiger partial charge >= 0.3 is 0 Å². The third-order valence-corrected chi connectivity index (χ3v) is 6.30. The number of nitrogens with zero attached hydrogens (tertiary/aromatic N) is 2. The van der Waals surface area contributed by atoms with Crippen LogP contribution in [0, 0.1) is 0 Å². The summed E-state index contributed by atoms with van der Waals surface area (Å²) in [4.78, 5) is 0. The predicted octanol–water partition coefficient (Wildman–Crippen LogP) is 3.94. The third-order valence-electron chi connectivity index (χ3n) is 4.01. The highest BCUT2D eigenvalue weighted by molar-refractivity contribution is 8.00. The lowest BCUT2D eigenvalue weighted by molar-refractivity contribution is -0.0168. The molecule has 25 heavy (non-hydrogen) atoms. The molecule has 0 aliphatic carbocycles.